The number of benzene rings is 2. The highest BCUT2D eigenvalue weighted by molar-refractivity contribution is 7.22. The number of rotatable bonds is 7. The minimum atomic E-state index is -0.672. The summed E-state index contributed by atoms with van der Waals surface area (Å²) >= 11 is 1.43. The minimum absolute atomic E-state index is 0.109. The number of nitrogens with zero attached hydrogens (tertiary/aromatic N) is 2. The topological polar surface area (TPSA) is 86.5 Å². The summed E-state index contributed by atoms with van der Waals surface area (Å²) < 4.78 is 17.3. The third-order valence-electron chi connectivity index (χ3n) is 5.43. The smallest absolute Gasteiger partial charge is 0.238 e. The van der Waals surface area contributed by atoms with E-state index in [0.29, 0.717) is 23.2 Å². The van der Waals surface area contributed by atoms with E-state index in [2.05, 4.69) is 15.5 Å². The maximum Gasteiger partial charge on any atom is 0.238 e. The van der Waals surface area contributed by atoms with Crippen LogP contribution >= 0.6 is 11.3 Å². The van der Waals surface area contributed by atoms with Gasteiger partial charge in [0.05, 0.1) is 35.0 Å². The lowest BCUT2D eigenvalue weighted by Gasteiger charge is -2.10. The Balaban J connectivity index is 1.36. The van der Waals surface area contributed by atoms with Crippen LogP contribution in [-0.4, -0.2) is 29.8 Å². The molecule has 2 heterocycles. The van der Waals surface area contributed by atoms with Crippen molar-refractivity contribution in [3.8, 4) is 22.8 Å². The molecule has 1 saturated carbocycles. The number of nitrogens with one attached hydrogen (secondary N) is 1. The van der Waals surface area contributed by atoms with E-state index in [1.54, 1.807) is 7.11 Å². The van der Waals surface area contributed by atoms with Gasteiger partial charge in [-0.05, 0) is 50.1 Å². The van der Waals surface area contributed by atoms with Crippen LogP contribution in [0.3, 0.4) is 0 Å². The Kier molecular flexibility index (Phi) is 4.86. The summed E-state index contributed by atoms with van der Waals surface area (Å²) in [5.41, 5.74) is 1.65. The van der Waals surface area contributed by atoms with Crippen LogP contribution in [0, 0.1) is 0 Å². The van der Waals surface area contributed by atoms with Crippen LogP contribution in [0.15, 0.2) is 53.1 Å². The summed E-state index contributed by atoms with van der Waals surface area (Å²) in [5.74, 6) is 2.03. The quantitative estimate of drug-likeness (QED) is 0.438. The molecule has 1 N–H and O–H groups in total. The predicted molar refractivity (Wildman–Crippen MR) is 119 cm³/mol. The number of thiazole rings is 1. The van der Waals surface area contributed by atoms with E-state index in [1.165, 1.54) is 11.3 Å². The van der Waals surface area contributed by atoms with Crippen molar-refractivity contribution in [2.45, 2.75) is 25.2 Å². The largest absolute Gasteiger partial charge is 0.497 e. The van der Waals surface area contributed by atoms with Gasteiger partial charge in [-0.25, -0.2) is 4.98 Å². The molecule has 1 amide bonds. The Bertz CT molecular complexity index is 1260. The number of carbonyl (C=O) groups excluding carboxylic acids is 1. The average molecular weight is 436 g/mol. The molecule has 158 valence electrons. The van der Waals surface area contributed by atoms with E-state index >= 15 is 0 Å². The molecule has 7 nitrogen and oxygen atoms in total. The highest BCUT2D eigenvalue weighted by Gasteiger charge is 2.54. The number of hydrogen-bond acceptors (Lipinski definition) is 7. The highest BCUT2D eigenvalue weighted by atomic mass is 32.1. The summed E-state index contributed by atoms with van der Waals surface area (Å²) in [4.78, 5) is 17.7. The van der Waals surface area contributed by atoms with Gasteiger partial charge in [-0.15, -0.1) is 0 Å². The van der Waals surface area contributed by atoms with Gasteiger partial charge in [0.25, 0.3) is 0 Å². The second-order valence-electron chi connectivity index (χ2n) is 7.43. The van der Waals surface area contributed by atoms with Gasteiger partial charge < -0.3 is 19.3 Å². The zero-order valence-corrected chi connectivity index (χ0v) is 18.0. The second kappa shape index (κ2) is 7.70. The zero-order valence-electron chi connectivity index (χ0n) is 17.2. The summed E-state index contributed by atoms with van der Waals surface area (Å²) in [6.45, 7) is 2.55. The van der Waals surface area contributed by atoms with Crippen molar-refractivity contribution in [2.24, 2.45) is 0 Å². The lowest BCUT2D eigenvalue weighted by atomic mass is 10.0. The fraction of sp³-hybridized carbons (Fsp3) is 0.261. The fourth-order valence-corrected chi connectivity index (χ4v) is 4.46. The number of aromatic nitrogens is 2. The van der Waals surface area contributed by atoms with Crippen LogP contribution in [0.2, 0.25) is 0 Å². The Labute approximate surface area is 183 Å². The number of ether oxygens (including phenoxy) is 2. The molecule has 0 bridgehead atoms. The highest BCUT2D eigenvalue weighted by Crippen LogP contribution is 2.49. The number of anilines is 1. The molecule has 5 rings (SSSR count). The molecule has 0 unspecified atom stereocenters. The number of fused-ring (bicyclic) bond motifs is 1. The molecule has 1 fully saturated rings. The monoisotopic (exact) mass is 435 g/mol. The molecule has 4 aromatic rings. The minimum Gasteiger partial charge on any atom is -0.497 e. The third kappa shape index (κ3) is 3.63. The maximum absolute atomic E-state index is 13.1. The van der Waals surface area contributed by atoms with Crippen molar-refractivity contribution in [1.82, 2.24) is 10.1 Å². The van der Waals surface area contributed by atoms with Gasteiger partial charge in [-0.1, -0.05) is 28.6 Å². The molecule has 0 aliphatic heterocycles. The molecule has 2 aromatic carbocycles. The molecular formula is C23H21N3O4S. The SMILES string of the molecule is CCOc1ccc2nc(NC(=O)C3(c4cc(-c5cccc(OC)c5)on4)CC3)sc2c1. The summed E-state index contributed by atoms with van der Waals surface area (Å²) in [6, 6.07) is 15.1. The Morgan fingerprint density at radius 2 is 2.06 bits per heavy atom. The van der Waals surface area contributed by atoms with E-state index < -0.39 is 5.41 Å². The predicted octanol–water partition coefficient (Wildman–Crippen LogP) is 5.03. The van der Waals surface area contributed by atoms with Crippen molar-refractivity contribution in [3.05, 3.63) is 54.2 Å². The molecule has 8 heteroatoms. The van der Waals surface area contributed by atoms with Crippen LogP contribution < -0.4 is 14.8 Å². The third-order valence-corrected chi connectivity index (χ3v) is 6.36. The van der Waals surface area contributed by atoms with Crippen LogP contribution in [0.5, 0.6) is 11.5 Å². The van der Waals surface area contributed by atoms with Gasteiger partial charge in [0.2, 0.25) is 5.91 Å². The average Bonchev–Trinajstić information content (AvgIpc) is 3.26. The molecular weight excluding hydrogens is 414 g/mol. The first-order chi connectivity index (χ1) is 15.1. The van der Waals surface area contributed by atoms with Gasteiger partial charge in [0.15, 0.2) is 10.9 Å². The van der Waals surface area contributed by atoms with E-state index in [-0.39, 0.29) is 5.91 Å². The zero-order chi connectivity index (χ0) is 21.4. The summed E-state index contributed by atoms with van der Waals surface area (Å²) in [5, 5.41) is 7.75. The molecule has 31 heavy (non-hydrogen) atoms. The van der Waals surface area contributed by atoms with Gasteiger partial charge >= 0.3 is 0 Å². The van der Waals surface area contributed by atoms with Crippen LogP contribution in [0.25, 0.3) is 21.5 Å². The molecule has 1 aliphatic carbocycles. The van der Waals surface area contributed by atoms with Crippen LogP contribution in [0.4, 0.5) is 5.13 Å². The second-order valence-corrected chi connectivity index (χ2v) is 8.46. The normalized spacial score (nSPS) is 14.4. The van der Waals surface area contributed by atoms with Crippen molar-refractivity contribution >= 4 is 32.6 Å². The number of carbonyl (C=O) groups is 1. The Hall–Kier alpha value is -3.39. The number of methoxy groups -OCH3 is 1. The lowest BCUT2D eigenvalue weighted by Crippen LogP contribution is -2.28. The first-order valence-corrected chi connectivity index (χ1v) is 10.9. The maximum atomic E-state index is 13.1. The fourth-order valence-electron chi connectivity index (χ4n) is 3.57. The van der Waals surface area contributed by atoms with Crippen LogP contribution in [0.1, 0.15) is 25.5 Å². The van der Waals surface area contributed by atoms with Crippen molar-refractivity contribution in [1.29, 1.82) is 0 Å². The molecule has 0 atom stereocenters. The number of hydrogen-bond donors (Lipinski definition) is 1. The van der Waals surface area contributed by atoms with E-state index in [9.17, 15) is 4.79 Å². The van der Waals surface area contributed by atoms with Gasteiger partial charge in [-0.2, -0.15) is 0 Å². The Morgan fingerprint density at radius 1 is 1.19 bits per heavy atom. The molecule has 1 aliphatic rings. The standard InChI is InChI=1S/C23H21N3O4S/c1-3-29-16-7-8-17-19(12-16)31-22(24-17)25-21(27)23(9-10-23)20-13-18(30-26-20)14-5-4-6-15(11-14)28-2/h4-8,11-13H,3,9-10H2,1-2H3,(H,24,25,27). The molecule has 0 saturated heterocycles. The van der Waals surface area contributed by atoms with Gasteiger partial charge in [0.1, 0.15) is 11.5 Å². The molecule has 0 radical (unpaired) electrons. The Morgan fingerprint density at radius 3 is 2.84 bits per heavy atom. The van der Waals surface area contributed by atoms with Gasteiger partial charge in [0, 0.05) is 11.6 Å². The number of amides is 1. The molecule has 0 spiro atoms. The summed E-state index contributed by atoms with van der Waals surface area (Å²) in [7, 11) is 1.62. The van der Waals surface area contributed by atoms with E-state index in [1.807, 2.05) is 55.5 Å². The first-order valence-electron chi connectivity index (χ1n) is 10.1. The first kappa shape index (κ1) is 19.6. The molecule has 2 aromatic heterocycles. The summed E-state index contributed by atoms with van der Waals surface area (Å²) in [6.07, 6.45) is 1.45. The van der Waals surface area contributed by atoms with E-state index in [0.717, 1.165) is 40.1 Å². The van der Waals surface area contributed by atoms with Crippen molar-refractivity contribution in [2.75, 3.05) is 19.0 Å². The van der Waals surface area contributed by atoms with E-state index in [4.69, 9.17) is 14.0 Å². The van der Waals surface area contributed by atoms with Crippen molar-refractivity contribution in [3.63, 3.8) is 0 Å². The van der Waals surface area contributed by atoms with Crippen LogP contribution in [-0.2, 0) is 10.2 Å². The van der Waals surface area contributed by atoms with Crippen molar-refractivity contribution < 1.29 is 18.8 Å². The van der Waals surface area contributed by atoms with Gasteiger partial charge in [-0.3, -0.25) is 4.79 Å². The lowest BCUT2D eigenvalue weighted by molar-refractivity contribution is -0.118.